The van der Waals surface area contributed by atoms with Gasteiger partial charge in [-0.3, -0.25) is 4.79 Å². The average Bonchev–Trinajstić information content (AvgIpc) is 2.75. The highest BCUT2D eigenvalue weighted by Gasteiger charge is 2.20. The molecule has 0 aliphatic carbocycles. The molecule has 122 valence electrons. The Morgan fingerprint density at radius 3 is 3.05 bits per heavy atom. The van der Waals surface area contributed by atoms with Crippen LogP contribution in [0.25, 0.3) is 0 Å². The molecule has 3 N–H and O–H groups in total. The first-order valence-corrected chi connectivity index (χ1v) is 9.33. The Morgan fingerprint density at radius 2 is 2.32 bits per heavy atom. The third-order valence-corrected chi connectivity index (χ3v) is 4.67. The average molecular weight is 322 g/mol. The first-order chi connectivity index (χ1) is 10.7. The molecule has 1 aromatic rings. The molecule has 0 saturated carbocycles. The second-order valence-corrected chi connectivity index (χ2v) is 6.71. The summed E-state index contributed by atoms with van der Waals surface area (Å²) in [5.74, 6) is 1.91. The van der Waals surface area contributed by atoms with Crippen LogP contribution in [0.5, 0.6) is 0 Å². The summed E-state index contributed by atoms with van der Waals surface area (Å²) in [5, 5.41) is 3.50. The molecule has 5 nitrogen and oxygen atoms in total. The first kappa shape index (κ1) is 16.9. The highest BCUT2D eigenvalue weighted by atomic mass is 32.2. The van der Waals surface area contributed by atoms with Gasteiger partial charge in [-0.05, 0) is 49.8 Å². The molecule has 0 bridgehead atoms. The summed E-state index contributed by atoms with van der Waals surface area (Å²) in [4.78, 5) is 18.3. The highest BCUT2D eigenvalue weighted by molar-refractivity contribution is 7.98. The van der Waals surface area contributed by atoms with Crippen molar-refractivity contribution in [1.29, 1.82) is 0 Å². The summed E-state index contributed by atoms with van der Waals surface area (Å²) in [5.41, 5.74) is 6.60. The summed E-state index contributed by atoms with van der Waals surface area (Å²) in [6.45, 7) is 1.73. The summed E-state index contributed by atoms with van der Waals surface area (Å²) >= 11 is 1.80. The van der Waals surface area contributed by atoms with Crippen LogP contribution < -0.4 is 11.1 Å². The Hall–Kier alpha value is -1.43. The van der Waals surface area contributed by atoms with Crippen molar-refractivity contribution in [2.45, 2.75) is 38.1 Å². The Bertz CT molecular complexity index is 466. The normalized spacial score (nSPS) is 18.8. The second kappa shape index (κ2) is 8.88. The van der Waals surface area contributed by atoms with Gasteiger partial charge in [-0.1, -0.05) is 0 Å². The molecule has 0 unspecified atom stereocenters. The third kappa shape index (κ3) is 5.40. The number of carbonyl (C=O) groups is 1. The van der Waals surface area contributed by atoms with Crippen LogP contribution in [0.15, 0.2) is 18.3 Å². The zero-order chi connectivity index (χ0) is 15.8. The molecule has 0 radical (unpaired) electrons. The van der Waals surface area contributed by atoms with Crippen molar-refractivity contribution < 1.29 is 4.79 Å². The molecule has 2 heterocycles. The van der Waals surface area contributed by atoms with Gasteiger partial charge < -0.3 is 16.0 Å². The fourth-order valence-corrected chi connectivity index (χ4v) is 3.18. The number of thioether (sulfide) groups is 1. The quantitative estimate of drug-likeness (QED) is 0.788. The molecular weight excluding hydrogens is 296 g/mol. The summed E-state index contributed by atoms with van der Waals surface area (Å²) < 4.78 is 0. The molecular formula is C16H26N4OS. The highest BCUT2D eigenvalue weighted by Crippen LogP contribution is 2.18. The molecule has 1 aromatic heterocycles. The minimum absolute atomic E-state index is 0.309. The number of aromatic nitrogens is 1. The monoisotopic (exact) mass is 322 g/mol. The van der Waals surface area contributed by atoms with Crippen LogP contribution in [0, 0.1) is 0 Å². The van der Waals surface area contributed by atoms with Gasteiger partial charge in [0.05, 0.1) is 11.9 Å². The summed E-state index contributed by atoms with van der Waals surface area (Å²) in [6, 6.07) is 4.16. The number of hydrogen-bond donors (Lipinski definition) is 2. The van der Waals surface area contributed by atoms with E-state index in [0.29, 0.717) is 24.2 Å². The predicted octanol–water partition coefficient (Wildman–Crippen LogP) is 2.60. The smallest absolute Gasteiger partial charge is 0.222 e. The van der Waals surface area contributed by atoms with Gasteiger partial charge in [0.2, 0.25) is 5.91 Å². The number of nitrogens with one attached hydrogen (secondary N) is 1. The van der Waals surface area contributed by atoms with Crippen LogP contribution in [-0.2, 0) is 4.79 Å². The van der Waals surface area contributed by atoms with Crippen molar-refractivity contribution in [1.82, 2.24) is 9.88 Å². The Balaban J connectivity index is 1.79. The Labute approximate surface area is 137 Å². The van der Waals surface area contributed by atoms with Crippen molar-refractivity contribution >= 4 is 29.2 Å². The molecule has 1 aliphatic rings. The van der Waals surface area contributed by atoms with Gasteiger partial charge in [-0.2, -0.15) is 11.8 Å². The molecule has 6 heteroatoms. The van der Waals surface area contributed by atoms with E-state index in [4.69, 9.17) is 5.73 Å². The van der Waals surface area contributed by atoms with Crippen LogP contribution in [0.2, 0.25) is 0 Å². The minimum Gasteiger partial charge on any atom is -0.384 e. The Morgan fingerprint density at radius 1 is 1.45 bits per heavy atom. The number of pyridine rings is 1. The topological polar surface area (TPSA) is 71.2 Å². The fourth-order valence-electron chi connectivity index (χ4n) is 2.74. The second-order valence-electron chi connectivity index (χ2n) is 5.72. The zero-order valence-corrected chi connectivity index (χ0v) is 14.1. The van der Waals surface area contributed by atoms with E-state index in [1.807, 2.05) is 11.0 Å². The van der Waals surface area contributed by atoms with Gasteiger partial charge in [-0.15, -0.1) is 0 Å². The van der Waals surface area contributed by atoms with Crippen molar-refractivity contribution in [3.8, 4) is 0 Å². The lowest BCUT2D eigenvalue weighted by Crippen LogP contribution is -2.32. The number of anilines is 2. The van der Waals surface area contributed by atoms with Crippen LogP contribution in [0.3, 0.4) is 0 Å². The number of carbonyl (C=O) groups excluding carboxylic acids is 1. The van der Waals surface area contributed by atoms with Gasteiger partial charge in [0.25, 0.3) is 0 Å². The molecule has 1 fully saturated rings. The van der Waals surface area contributed by atoms with Crippen molar-refractivity contribution in [2.24, 2.45) is 0 Å². The van der Waals surface area contributed by atoms with Crippen molar-refractivity contribution in [3.05, 3.63) is 18.3 Å². The lowest BCUT2D eigenvalue weighted by Gasteiger charge is -2.21. The Kier molecular flexibility index (Phi) is 6.83. The zero-order valence-electron chi connectivity index (χ0n) is 13.3. The van der Waals surface area contributed by atoms with Gasteiger partial charge >= 0.3 is 0 Å². The van der Waals surface area contributed by atoms with Crippen LogP contribution >= 0.6 is 11.8 Å². The third-order valence-electron chi connectivity index (χ3n) is 3.98. The predicted molar refractivity (Wildman–Crippen MR) is 94.1 cm³/mol. The maximum absolute atomic E-state index is 12.2. The molecule has 0 spiro atoms. The molecule has 1 saturated heterocycles. The lowest BCUT2D eigenvalue weighted by molar-refractivity contribution is -0.131. The maximum Gasteiger partial charge on any atom is 0.222 e. The minimum atomic E-state index is 0.309. The number of rotatable bonds is 6. The van der Waals surface area contributed by atoms with Gasteiger partial charge in [-0.25, -0.2) is 4.98 Å². The van der Waals surface area contributed by atoms with E-state index in [9.17, 15) is 4.79 Å². The SMILES string of the molecule is CSCCCC(=O)N1CCC[C@H](Nc2ccc(N)nc2)CC1. The molecule has 1 aliphatic heterocycles. The molecule has 22 heavy (non-hydrogen) atoms. The van der Waals surface area contributed by atoms with E-state index in [1.165, 1.54) is 0 Å². The molecule has 0 aromatic carbocycles. The van der Waals surface area contributed by atoms with E-state index in [2.05, 4.69) is 16.6 Å². The van der Waals surface area contributed by atoms with Gasteiger partial charge in [0, 0.05) is 25.6 Å². The fraction of sp³-hybridized carbons (Fsp3) is 0.625. The van der Waals surface area contributed by atoms with Gasteiger partial charge in [0.15, 0.2) is 0 Å². The molecule has 2 rings (SSSR count). The van der Waals surface area contributed by atoms with Crippen LogP contribution in [0.4, 0.5) is 11.5 Å². The standard InChI is InChI=1S/C16H26N4OS/c1-22-11-3-5-16(21)20-9-2-4-13(8-10-20)19-14-6-7-15(17)18-12-14/h6-7,12-13,19H,2-5,8-11H2,1H3,(H2,17,18)/t13-/m0/s1. The summed E-state index contributed by atoms with van der Waals surface area (Å²) in [6.07, 6.45) is 8.63. The van der Waals surface area contributed by atoms with Crippen molar-refractivity contribution in [2.75, 3.05) is 36.1 Å². The molecule has 1 atom stereocenters. The molecule has 1 amide bonds. The van der Waals surface area contributed by atoms with E-state index in [1.54, 1.807) is 24.0 Å². The van der Waals surface area contributed by atoms with E-state index >= 15 is 0 Å². The van der Waals surface area contributed by atoms with Gasteiger partial charge in [0.1, 0.15) is 5.82 Å². The summed E-state index contributed by atoms with van der Waals surface area (Å²) in [7, 11) is 0. The van der Waals surface area contributed by atoms with Crippen LogP contribution in [-0.4, -0.2) is 46.9 Å². The van der Waals surface area contributed by atoms with Crippen molar-refractivity contribution in [3.63, 3.8) is 0 Å². The number of likely N-dealkylation sites (tertiary alicyclic amines) is 1. The van der Waals surface area contributed by atoms with E-state index in [0.717, 1.165) is 50.2 Å². The van der Waals surface area contributed by atoms with E-state index < -0.39 is 0 Å². The number of amides is 1. The maximum atomic E-state index is 12.2. The lowest BCUT2D eigenvalue weighted by atomic mass is 10.1. The number of hydrogen-bond acceptors (Lipinski definition) is 5. The number of nitrogen functional groups attached to an aromatic ring is 1. The number of nitrogens with zero attached hydrogens (tertiary/aromatic N) is 2. The number of nitrogens with two attached hydrogens (primary N) is 1. The first-order valence-electron chi connectivity index (χ1n) is 7.94. The largest absolute Gasteiger partial charge is 0.384 e. The van der Waals surface area contributed by atoms with E-state index in [-0.39, 0.29) is 0 Å². The van der Waals surface area contributed by atoms with Crippen LogP contribution in [0.1, 0.15) is 32.1 Å².